The van der Waals surface area contributed by atoms with Gasteiger partial charge in [0.15, 0.2) is 0 Å². The fourth-order valence-corrected chi connectivity index (χ4v) is 1.75. The van der Waals surface area contributed by atoms with Crippen LogP contribution in [0, 0.1) is 5.92 Å². The van der Waals surface area contributed by atoms with Gasteiger partial charge in [-0.15, -0.1) is 0 Å². The molecule has 0 fully saturated rings. The minimum atomic E-state index is 0.582. The largest absolute Gasteiger partial charge is 0.319 e. The summed E-state index contributed by atoms with van der Waals surface area (Å²) in [6, 6.07) is 4.18. The smallest absolute Gasteiger partial charge is 0.0303 e. The van der Waals surface area contributed by atoms with E-state index in [2.05, 4.69) is 30.2 Å². The summed E-state index contributed by atoms with van der Waals surface area (Å²) in [5, 5.41) is 3.25. The molecule has 2 atom stereocenters. The Morgan fingerprint density at radius 1 is 1.50 bits per heavy atom. The molecule has 0 aliphatic rings. The van der Waals surface area contributed by atoms with Gasteiger partial charge in [0.1, 0.15) is 0 Å². The van der Waals surface area contributed by atoms with E-state index in [4.69, 9.17) is 0 Å². The number of rotatable bonds is 5. The predicted molar refractivity (Wildman–Crippen MR) is 60.4 cm³/mol. The molecule has 0 amide bonds. The molecule has 1 aromatic heterocycles. The van der Waals surface area contributed by atoms with Crippen molar-refractivity contribution in [2.45, 2.75) is 26.2 Å². The SMILES string of the molecule is CCC(C)C(CNC)c1cccnc1. The van der Waals surface area contributed by atoms with Crippen LogP contribution in [-0.4, -0.2) is 18.6 Å². The summed E-state index contributed by atoms with van der Waals surface area (Å²) < 4.78 is 0. The second kappa shape index (κ2) is 5.76. The van der Waals surface area contributed by atoms with Crippen molar-refractivity contribution >= 4 is 0 Å². The third-order valence-corrected chi connectivity index (χ3v) is 2.87. The highest BCUT2D eigenvalue weighted by Gasteiger charge is 2.16. The summed E-state index contributed by atoms with van der Waals surface area (Å²) >= 11 is 0. The van der Waals surface area contributed by atoms with Crippen LogP contribution in [0.15, 0.2) is 24.5 Å². The quantitative estimate of drug-likeness (QED) is 0.775. The molecule has 78 valence electrons. The number of pyridine rings is 1. The summed E-state index contributed by atoms with van der Waals surface area (Å²) in [6.45, 7) is 5.57. The second-order valence-corrected chi connectivity index (χ2v) is 3.84. The topological polar surface area (TPSA) is 24.9 Å². The third-order valence-electron chi connectivity index (χ3n) is 2.87. The minimum Gasteiger partial charge on any atom is -0.319 e. The maximum Gasteiger partial charge on any atom is 0.0303 e. The Morgan fingerprint density at radius 3 is 2.79 bits per heavy atom. The molecule has 0 aromatic carbocycles. The Balaban J connectivity index is 2.77. The van der Waals surface area contributed by atoms with Gasteiger partial charge in [-0.3, -0.25) is 4.98 Å². The zero-order chi connectivity index (χ0) is 10.4. The van der Waals surface area contributed by atoms with Crippen molar-refractivity contribution in [1.82, 2.24) is 10.3 Å². The van der Waals surface area contributed by atoms with Crippen LogP contribution in [0.5, 0.6) is 0 Å². The van der Waals surface area contributed by atoms with E-state index in [1.165, 1.54) is 12.0 Å². The first-order valence-corrected chi connectivity index (χ1v) is 5.34. The Morgan fingerprint density at radius 2 is 2.29 bits per heavy atom. The number of nitrogens with zero attached hydrogens (tertiary/aromatic N) is 1. The van der Waals surface area contributed by atoms with Crippen molar-refractivity contribution in [2.24, 2.45) is 5.92 Å². The van der Waals surface area contributed by atoms with Crippen molar-refractivity contribution in [3.05, 3.63) is 30.1 Å². The Kier molecular flexibility index (Phi) is 4.60. The average molecular weight is 192 g/mol. The molecule has 2 nitrogen and oxygen atoms in total. The molecule has 0 spiro atoms. The molecular weight excluding hydrogens is 172 g/mol. The van der Waals surface area contributed by atoms with Crippen LogP contribution in [0.4, 0.5) is 0 Å². The van der Waals surface area contributed by atoms with E-state index >= 15 is 0 Å². The molecule has 0 saturated carbocycles. The number of aromatic nitrogens is 1. The van der Waals surface area contributed by atoms with Crippen molar-refractivity contribution in [3.8, 4) is 0 Å². The van der Waals surface area contributed by atoms with Crippen molar-refractivity contribution in [2.75, 3.05) is 13.6 Å². The fraction of sp³-hybridized carbons (Fsp3) is 0.583. The van der Waals surface area contributed by atoms with Gasteiger partial charge in [-0.1, -0.05) is 26.3 Å². The lowest BCUT2D eigenvalue weighted by Gasteiger charge is -2.22. The lowest BCUT2D eigenvalue weighted by Crippen LogP contribution is -2.22. The van der Waals surface area contributed by atoms with Gasteiger partial charge in [0.05, 0.1) is 0 Å². The van der Waals surface area contributed by atoms with Crippen LogP contribution in [-0.2, 0) is 0 Å². The molecule has 0 bridgehead atoms. The van der Waals surface area contributed by atoms with Gasteiger partial charge < -0.3 is 5.32 Å². The van der Waals surface area contributed by atoms with E-state index in [0.717, 1.165) is 6.54 Å². The minimum absolute atomic E-state index is 0.582. The molecule has 0 saturated heterocycles. The monoisotopic (exact) mass is 192 g/mol. The van der Waals surface area contributed by atoms with Gasteiger partial charge in [-0.25, -0.2) is 0 Å². The zero-order valence-corrected chi connectivity index (χ0v) is 9.33. The normalized spacial score (nSPS) is 15.1. The second-order valence-electron chi connectivity index (χ2n) is 3.84. The summed E-state index contributed by atoms with van der Waals surface area (Å²) in [6.07, 6.45) is 5.02. The first kappa shape index (κ1) is 11.2. The summed E-state index contributed by atoms with van der Waals surface area (Å²) in [4.78, 5) is 4.18. The molecule has 2 unspecified atom stereocenters. The summed E-state index contributed by atoms with van der Waals surface area (Å²) in [5.74, 6) is 1.28. The first-order valence-electron chi connectivity index (χ1n) is 5.34. The van der Waals surface area contributed by atoms with Crippen LogP contribution < -0.4 is 5.32 Å². The van der Waals surface area contributed by atoms with E-state index in [1.54, 1.807) is 0 Å². The Hall–Kier alpha value is -0.890. The van der Waals surface area contributed by atoms with Crippen LogP contribution in [0.2, 0.25) is 0 Å². The number of hydrogen-bond donors (Lipinski definition) is 1. The lowest BCUT2D eigenvalue weighted by molar-refractivity contribution is 0.431. The van der Waals surface area contributed by atoms with Crippen LogP contribution >= 0.6 is 0 Å². The van der Waals surface area contributed by atoms with Crippen molar-refractivity contribution < 1.29 is 0 Å². The Bertz CT molecular complexity index is 246. The fourth-order valence-electron chi connectivity index (χ4n) is 1.75. The lowest BCUT2D eigenvalue weighted by atomic mass is 9.86. The van der Waals surface area contributed by atoms with E-state index < -0.39 is 0 Å². The van der Waals surface area contributed by atoms with E-state index in [-0.39, 0.29) is 0 Å². The van der Waals surface area contributed by atoms with Crippen LogP contribution in [0.1, 0.15) is 31.7 Å². The Labute approximate surface area is 86.8 Å². The molecule has 1 N–H and O–H groups in total. The molecule has 1 rings (SSSR count). The number of hydrogen-bond acceptors (Lipinski definition) is 2. The number of likely N-dealkylation sites (N-methyl/N-ethyl adjacent to an activating group) is 1. The third kappa shape index (κ3) is 2.81. The highest BCUT2D eigenvalue weighted by Crippen LogP contribution is 2.25. The van der Waals surface area contributed by atoms with Gasteiger partial charge in [-0.2, -0.15) is 0 Å². The van der Waals surface area contributed by atoms with Gasteiger partial charge in [-0.05, 0) is 24.6 Å². The van der Waals surface area contributed by atoms with E-state index in [1.807, 2.05) is 25.5 Å². The van der Waals surface area contributed by atoms with E-state index in [0.29, 0.717) is 11.8 Å². The maximum atomic E-state index is 4.18. The van der Waals surface area contributed by atoms with Gasteiger partial charge in [0.25, 0.3) is 0 Å². The molecular formula is C12H20N2. The zero-order valence-electron chi connectivity index (χ0n) is 9.33. The summed E-state index contributed by atoms with van der Waals surface area (Å²) in [5.41, 5.74) is 1.34. The molecule has 14 heavy (non-hydrogen) atoms. The van der Waals surface area contributed by atoms with Crippen molar-refractivity contribution in [1.29, 1.82) is 0 Å². The molecule has 1 heterocycles. The van der Waals surface area contributed by atoms with Crippen molar-refractivity contribution in [3.63, 3.8) is 0 Å². The molecule has 1 aromatic rings. The molecule has 0 aliphatic heterocycles. The predicted octanol–water partition coefficient (Wildman–Crippen LogP) is 2.43. The average Bonchev–Trinajstić information content (AvgIpc) is 2.26. The molecule has 0 radical (unpaired) electrons. The van der Waals surface area contributed by atoms with E-state index in [9.17, 15) is 0 Å². The highest BCUT2D eigenvalue weighted by atomic mass is 14.8. The molecule has 0 aliphatic carbocycles. The highest BCUT2D eigenvalue weighted by molar-refractivity contribution is 5.16. The van der Waals surface area contributed by atoms with Crippen LogP contribution in [0.3, 0.4) is 0 Å². The van der Waals surface area contributed by atoms with Crippen LogP contribution in [0.25, 0.3) is 0 Å². The summed E-state index contributed by atoms with van der Waals surface area (Å²) in [7, 11) is 2.01. The number of nitrogens with one attached hydrogen (secondary N) is 1. The maximum absolute atomic E-state index is 4.18. The van der Waals surface area contributed by atoms with Gasteiger partial charge in [0.2, 0.25) is 0 Å². The first-order chi connectivity index (χ1) is 6.79. The van der Waals surface area contributed by atoms with Gasteiger partial charge in [0, 0.05) is 24.9 Å². The molecule has 2 heteroatoms. The standard InChI is InChI=1S/C12H20N2/c1-4-10(2)12(9-13-3)11-6-5-7-14-8-11/h5-8,10,12-13H,4,9H2,1-3H3. The van der Waals surface area contributed by atoms with Gasteiger partial charge >= 0.3 is 0 Å².